The lowest BCUT2D eigenvalue weighted by molar-refractivity contribution is -0.117. The zero-order chi connectivity index (χ0) is 24.8. The zero-order valence-corrected chi connectivity index (χ0v) is 22.6. The lowest BCUT2D eigenvalue weighted by atomic mass is 10.1. The van der Waals surface area contributed by atoms with Crippen LogP contribution in [-0.4, -0.2) is 57.9 Å². The van der Waals surface area contributed by atoms with Gasteiger partial charge >= 0.3 is 6.09 Å². The second-order valence-electron chi connectivity index (χ2n) is 8.83. The van der Waals surface area contributed by atoms with E-state index in [4.69, 9.17) is 4.74 Å². The summed E-state index contributed by atoms with van der Waals surface area (Å²) in [4.78, 5) is 28.0. The number of nitrogens with zero attached hydrogens (tertiary/aromatic N) is 3. The van der Waals surface area contributed by atoms with Crippen molar-refractivity contribution < 1.29 is 22.6 Å². The Morgan fingerprint density at radius 3 is 2.45 bits per heavy atom. The minimum absolute atomic E-state index is 0.00501. The molecular weight excluding hydrogens is 536 g/mol. The van der Waals surface area contributed by atoms with Crippen molar-refractivity contribution in [2.75, 3.05) is 20.1 Å². The second kappa shape index (κ2) is 12.4. The lowest BCUT2D eigenvalue weighted by Gasteiger charge is -2.24. The number of hydrogen-bond donors (Lipinski definition) is 0. The first-order chi connectivity index (χ1) is 15.5. The van der Waals surface area contributed by atoms with Crippen molar-refractivity contribution >= 4 is 57.7 Å². The summed E-state index contributed by atoms with van der Waals surface area (Å²) in [6.07, 6.45) is 2.49. The van der Waals surface area contributed by atoms with E-state index >= 15 is 0 Å². The molecule has 0 bridgehead atoms. The Morgan fingerprint density at radius 1 is 1.33 bits per heavy atom. The summed E-state index contributed by atoms with van der Waals surface area (Å²) in [5.41, 5.74) is -0.139. The smallest absolute Gasteiger partial charge is 0.428 e. The number of halogens is 3. The highest BCUT2D eigenvalue weighted by Gasteiger charge is 2.51. The van der Waals surface area contributed by atoms with Gasteiger partial charge in [0.15, 0.2) is 17.5 Å². The number of rotatable bonds is 4. The van der Waals surface area contributed by atoms with E-state index in [1.807, 2.05) is 6.92 Å². The number of amidine groups is 1. The van der Waals surface area contributed by atoms with Crippen LogP contribution in [-0.2, 0) is 9.53 Å². The van der Waals surface area contributed by atoms with Crippen LogP contribution in [0.15, 0.2) is 27.7 Å². The fourth-order valence-corrected chi connectivity index (χ4v) is 5.62. The molecule has 1 aromatic rings. The van der Waals surface area contributed by atoms with E-state index in [9.17, 15) is 17.9 Å². The van der Waals surface area contributed by atoms with Gasteiger partial charge in [0.25, 0.3) is 0 Å². The third-order valence-electron chi connectivity index (χ3n) is 5.14. The predicted molar refractivity (Wildman–Crippen MR) is 134 cm³/mol. The van der Waals surface area contributed by atoms with Gasteiger partial charge in [-0.3, -0.25) is 9.79 Å². The normalized spacial score (nSPS) is 22.4. The van der Waals surface area contributed by atoms with Gasteiger partial charge < -0.3 is 9.64 Å². The topological polar surface area (TPSA) is 62.2 Å². The fourth-order valence-electron chi connectivity index (χ4n) is 3.44. The van der Waals surface area contributed by atoms with Gasteiger partial charge in [-0.25, -0.2) is 9.18 Å². The molecule has 2 unspecified atom stereocenters. The number of hydrogen-bond acceptors (Lipinski definition) is 6. The number of thioether (sulfide) groups is 1. The van der Waals surface area contributed by atoms with Crippen molar-refractivity contribution in [1.82, 2.24) is 9.21 Å². The number of benzene rings is 1. The molecule has 2 aliphatic rings. The van der Waals surface area contributed by atoms with E-state index in [1.165, 1.54) is 37.7 Å². The Bertz CT molecular complexity index is 864. The first-order valence-corrected chi connectivity index (χ1v) is 13.0. The van der Waals surface area contributed by atoms with Gasteiger partial charge in [-0.1, -0.05) is 34.6 Å². The van der Waals surface area contributed by atoms with Gasteiger partial charge in [0.05, 0.1) is 0 Å². The Hall–Kier alpha value is -1.33. The maximum atomic E-state index is 14.2. The maximum absolute atomic E-state index is 14.2. The molecule has 1 aliphatic heterocycles. The van der Waals surface area contributed by atoms with Crippen LogP contribution < -0.4 is 0 Å². The van der Waals surface area contributed by atoms with Crippen LogP contribution in [0.5, 0.6) is 0 Å². The highest BCUT2D eigenvalue weighted by molar-refractivity contribution is 9.10. The summed E-state index contributed by atoms with van der Waals surface area (Å²) < 4.78 is 34.4. The number of amides is 2. The molecule has 0 spiro atoms. The summed E-state index contributed by atoms with van der Waals surface area (Å²) in [5, 5.41) is 0.191. The quantitative estimate of drug-likeness (QED) is 0.182. The van der Waals surface area contributed by atoms with Crippen molar-refractivity contribution in [3.05, 3.63) is 34.1 Å². The van der Waals surface area contributed by atoms with Gasteiger partial charge in [0.1, 0.15) is 11.4 Å². The van der Waals surface area contributed by atoms with Gasteiger partial charge in [0, 0.05) is 35.8 Å². The Kier molecular flexibility index (Phi) is 10.5. The third kappa shape index (κ3) is 8.13. The molecule has 184 valence electrons. The van der Waals surface area contributed by atoms with Gasteiger partial charge in [0.2, 0.25) is 6.41 Å². The summed E-state index contributed by atoms with van der Waals surface area (Å²) in [5.74, 6) is -0.128. The molecule has 3 rings (SSSR count). The molecule has 0 radical (unpaired) electrons. The largest absolute Gasteiger partial charge is 0.443 e. The maximum Gasteiger partial charge on any atom is 0.428 e. The van der Waals surface area contributed by atoms with E-state index in [2.05, 4.69) is 20.9 Å². The molecule has 1 aromatic carbocycles. The molecule has 0 N–H and O–H groups in total. The summed E-state index contributed by atoms with van der Waals surface area (Å²) in [6, 6.07) is 4.83. The van der Waals surface area contributed by atoms with Crippen molar-refractivity contribution in [2.24, 2.45) is 10.9 Å². The lowest BCUT2D eigenvalue weighted by Crippen LogP contribution is -2.35. The van der Waals surface area contributed by atoms with E-state index in [0.717, 1.165) is 28.3 Å². The summed E-state index contributed by atoms with van der Waals surface area (Å²) in [6.45, 7) is 9.06. The van der Waals surface area contributed by atoms with Crippen LogP contribution in [0.3, 0.4) is 0 Å². The van der Waals surface area contributed by atoms with Crippen LogP contribution in [0.2, 0.25) is 0 Å². The summed E-state index contributed by atoms with van der Waals surface area (Å²) in [7, 11) is 1.48. The van der Waals surface area contributed by atoms with Crippen LogP contribution in [0, 0.1) is 11.7 Å². The second-order valence-corrected chi connectivity index (χ2v) is 11.4. The molecule has 1 heterocycles. The third-order valence-corrected chi connectivity index (χ3v) is 7.78. The molecule has 2 fully saturated rings. The monoisotopic (exact) mass is 565 g/mol. The number of ether oxygens (including phenoxy) is 1. The van der Waals surface area contributed by atoms with E-state index in [1.54, 1.807) is 37.8 Å². The van der Waals surface area contributed by atoms with Crippen LogP contribution in [0.25, 0.3) is 0 Å². The summed E-state index contributed by atoms with van der Waals surface area (Å²) >= 11 is 4.36. The molecule has 1 saturated carbocycles. The number of carbonyl (C=O) groups excluding carboxylic acids is 2. The molecule has 1 aliphatic carbocycles. The van der Waals surface area contributed by atoms with Crippen LogP contribution in [0.4, 0.5) is 13.1 Å². The SMILES string of the molecule is CN=C(SC1C(c2cc(Br)ccc2F)[C@@H]1C)N(SF)C(=O)OC(C)(C)C.O=CN1CCCC1. The molecule has 0 aromatic heterocycles. The molecule has 6 nitrogen and oxygen atoms in total. The van der Waals surface area contributed by atoms with Crippen molar-refractivity contribution in [2.45, 2.75) is 57.3 Å². The van der Waals surface area contributed by atoms with Crippen LogP contribution in [0.1, 0.15) is 52.0 Å². The van der Waals surface area contributed by atoms with Gasteiger partial charge in [-0.05, 0) is 63.3 Å². The van der Waals surface area contributed by atoms with Gasteiger partial charge in [-0.2, -0.15) is 4.31 Å². The minimum Gasteiger partial charge on any atom is -0.443 e. The number of aliphatic imine (C=N–C) groups is 1. The minimum atomic E-state index is -0.823. The standard InChI is InChI=1S/C17H21BrF2N2O2S2.C5H9NO/c1-9-13(11-8-10(18)6-7-12(11)19)14(9)25-15(21-5)22(26-20)16(23)24-17(2,3)4;7-5-6-3-1-2-4-6/h6-9,13-14H,1-5H3;5H,1-4H2/t9-,13?,14?;/m0./s1. The first kappa shape index (κ1) is 27.9. The Morgan fingerprint density at radius 2 is 1.97 bits per heavy atom. The van der Waals surface area contributed by atoms with Crippen molar-refractivity contribution in [3.63, 3.8) is 0 Å². The molecule has 3 atom stereocenters. The number of likely N-dealkylation sites (tertiary alicyclic amines) is 1. The average molecular weight is 567 g/mol. The van der Waals surface area contributed by atoms with E-state index in [-0.39, 0.29) is 40.4 Å². The van der Waals surface area contributed by atoms with E-state index in [0.29, 0.717) is 5.56 Å². The van der Waals surface area contributed by atoms with Crippen molar-refractivity contribution in [1.29, 1.82) is 0 Å². The van der Waals surface area contributed by atoms with E-state index < -0.39 is 11.7 Å². The molecular formula is C22H30BrF2N3O3S2. The number of carbonyl (C=O) groups is 2. The fraction of sp³-hybridized carbons (Fsp3) is 0.591. The Labute approximate surface area is 211 Å². The predicted octanol–water partition coefficient (Wildman–Crippen LogP) is 6.42. The first-order valence-electron chi connectivity index (χ1n) is 10.6. The van der Waals surface area contributed by atoms with Crippen molar-refractivity contribution in [3.8, 4) is 0 Å². The molecule has 2 amide bonds. The average Bonchev–Trinajstić information content (AvgIpc) is 3.14. The molecule has 33 heavy (non-hydrogen) atoms. The highest BCUT2D eigenvalue weighted by Crippen LogP contribution is 2.56. The van der Waals surface area contributed by atoms with Gasteiger partial charge in [-0.15, -0.1) is 3.89 Å². The molecule has 11 heteroatoms. The highest BCUT2D eigenvalue weighted by atomic mass is 79.9. The Balaban J connectivity index is 0.000000468. The molecule has 1 saturated heterocycles. The zero-order valence-electron chi connectivity index (χ0n) is 19.4. The van der Waals surface area contributed by atoms with Crippen LogP contribution >= 0.6 is 40.0 Å².